The van der Waals surface area contributed by atoms with Crippen LogP contribution >= 0.6 is 0 Å². The molecule has 1 rings (SSSR count). The summed E-state index contributed by atoms with van der Waals surface area (Å²) in [6.07, 6.45) is 0. The van der Waals surface area contributed by atoms with Crippen LogP contribution in [0.15, 0.2) is 30.3 Å². The third-order valence-corrected chi connectivity index (χ3v) is 3.12. The molecule has 13 heavy (non-hydrogen) atoms. The Labute approximate surface area is 83.1 Å². The van der Waals surface area contributed by atoms with E-state index in [-0.39, 0.29) is 1.43 Å². The summed E-state index contributed by atoms with van der Waals surface area (Å²) in [5.74, 6) is 0. The van der Waals surface area contributed by atoms with Crippen molar-refractivity contribution in [2.24, 2.45) is 0 Å². The standard InChI is InChI=1S/C12H20N.H/c1-4-13(5-2,6-3)12-10-8-7-9-11-12;/h7-11H,4-6H2,1-3H3;/q+1;. The fraction of sp³-hybridized carbons (Fsp3) is 0.500. The third kappa shape index (κ3) is 1.92. The van der Waals surface area contributed by atoms with Crippen molar-refractivity contribution < 1.29 is 1.43 Å². The minimum absolute atomic E-state index is 0. The van der Waals surface area contributed by atoms with Crippen LogP contribution in [-0.4, -0.2) is 19.6 Å². The second-order valence-electron chi connectivity index (χ2n) is 3.43. The van der Waals surface area contributed by atoms with Crippen LogP contribution in [-0.2, 0) is 0 Å². The third-order valence-electron chi connectivity index (χ3n) is 3.12. The Morgan fingerprint density at radius 1 is 0.923 bits per heavy atom. The summed E-state index contributed by atoms with van der Waals surface area (Å²) in [4.78, 5) is 0. The molecule has 0 atom stereocenters. The van der Waals surface area contributed by atoms with Gasteiger partial charge in [0.05, 0.1) is 19.6 Å². The molecule has 0 heterocycles. The van der Waals surface area contributed by atoms with Crippen LogP contribution in [0.1, 0.15) is 22.2 Å². The minimum Gasteiger partial charge on any atom is -0.292 e. The van der Waals surface area contributed by atoms with Gasteiger partial charge >= 0.3 is 0 Å². The van der Waals surface area contributed by atoms with Gasteiger partial charge in [0.15, 0.2) is 0 Å². The summed E-state index contributed by atoms with van der Waals surface area (Å²) < 4.78 is 1.10. The van der Waals surface area contributed by atoms with Gasteiger partial charge in [-0.2, -0.15) is 0 Å². The van der Waals surface area contributed by atoms with Crippen LogP contribution in [0, 0.1) is 0 Å². The van der Waals surface area contributed by atoms with Gasteiger partial charge < -0.3 is 0 Å². The van der Waals surface area contributed by atoms with E-state index in [9.17, 15) is 0 Å². The fourth-order valence-corrected chi connectivity index (χ4v) is 1.96. The molecular formula is C12H21N+. The number of benzene rings is 1. The maximum atomic E-state index is 2.26. The van der Waals surface area contributed by atoms with Gasteiger partial charge in [0, 0.05) is 1.43 Å². The Morgan fingerprint density at radius 3 is 1.77 bits per heavy atom. The largest absolute Gasteiger partial charge is 0.292 e. The molecule has 1 aromatic carbocycles. The molecule has 0 N–H and O–H groups in total. The summed E-state index contributed by atoms with van der Waals surface area (Å²) in [6, 6.07) is 10.8. The lowest BCUT2D eigenvalue weighted by atomic mass is 10.2. The summed E-state index contributed by atoms with van der Waals surface area (Å²) >= 11 is 0. The Hall–Kier alpha value is -0.820. The molecule has 73 valence electrons. The van der Waals surface area contributed by atoms with Crippen LogP contribution in [0.5, 0.6) is 0 Å². The number of para-hydroxylation sites is 1. The first-order valence-corrected chi connectivity index (χ1v) is 5.20. The van der Waals surface area contributed by atoms with Crippen molar-refractivity contribution in [3.05, 3.63) is 30.3 Å². The second kappa shape index (κ2) is 4.43. The van der Waals surface area contributed by atoms with E-state index >= 15 is 0 Å². The van der Waals surface area contributed by atoms with E-state index in [2.05, 4.69) is 51.1 Å². The molecule has 0 spiro atoms. The van der Waals surface area contributed by atoms with Crippen LogP contribution in [0.25, 0.3) is 0 Å². The molecule has 0 aliphatic carbocycles. The second-order valence-corrected chi connectivity index (χ2v) is 3.43. The van der Waals surface area contributed by atoms with Crippen molar-refractivity contribution in [3.8, 4) is 0 Å². The zero-order valence-corrected chi connectivity index (χ0v) is 8.96. The van der Waals surface area contributed by atoms with Crippen LogP contribution in [0.2, 0.25) is 0 Å². The molecule has 0 aliphatic heterocycles. The first kappa shape index (κ1) is 10.3. The molecule has 0 saturated carbocycles. The van der Waals surface area contributed by atoms with Crippen LogP contribution < -0.4 is 4.48 Å². The lowest BCUT2D eigenvalue weighted by Crippen LogP contribution is -2.48. The lowest BCUT2D eigenvalue weighted by molar-refractivity contribution is 0.316. The monoisotopic (exact) mass is 179 g/mol. The molecule has 0 bridgehead atoms. The molecule has 0 aliphatic rings. The average Bonchev–Trinajstić information content (AvgIpc) is 2.23. The van der Waals surface area contributed by atoms with E-state index < -0.39 is 0 Å². The number of nitrogens with zero attached hydrogens (tertiary/aromatic N) is 1. The molecule has 1 aromatic rings. The highest BCUT2D eigenvalue weighted by Crippen LogP contribution is 2.21. The molecule has 0 aromatic heterocycles. The number of hydrogen-bond donors (Lipinski definition) is 0. The zero-order valence-electron chi connectivity index (χ0n) is 9.96. The highest BCUT2D eigenvalue weighted by molar-refractivity contribution is 5.42. The smallest absolute Gasteiger partial charge is 0.132 e. The van der Waals surface area contributed by atoms with Gasteiger partial charge in [0.1, 0.15) is 5.69 Å². The molecular weight excluding hydrogens is 158 g/mol. The van der Waals surface area contributed by atoms with Crippen molar-refractivity contribution in [1.29, 1.82) is 0 Å². The van der Waals surface area contributed by atoms with Crippen molar-refractivity contribution in [3.63, 3.8) is 0 Å². The Balaban J connectivity index is 0.00000169. The number of quaternary nitrogens is 1. The normalized spacial score (nSPS) is 11.6. The molecule has 0 fully saturated rings. The molecule has 0 unspecified atom stereocenters. The Morgan fingerprint density at radius 2 is 1.38 bits per heavy atom. The van der Waals surface area contributed by atoms with Gasteiger partial charge in [-0.25, -0.2) is 0 Å². The molecule has 1 radical (unpaired) electrons. The summed E-state index contributed by atoms with van der Waals surface area (Å²) in [5.41, 5.74) is 1.44. The van der Waals surface area contributed by atoms with Gasteiger partial charge in [-0.3, -0.25) is 4.48 Å². The van der Waals surface area contributed by atoms with Gasteiger partial charge in [-0.15, -0.1) is 0 Å². The number of rotatable bonds is 4. The van der Waals surface area contributed by atoms with E-state index in [0.717, 1.165) is 4.48 Å². The predicted octanol–water partition coefficient (Wildman–Crippen LogP) is 3.17. The SMILES string of the molecule is CC[N+](CC)(CC)c1ccccc1.[H]. The maximum Gasteiger partial charge on any atom is 0.132 e. The van der Waals surface area contributed by atoms with Crippen molar-refractivity contribution in [2.75, 3.05) is 19.6 Å². The summed E-state index contributed by atoms with van der Waals surface area (Å²) in [5, 5.41) is 0. The molecule has 1 heteroatoms. The van der Waals surface area contributed by atoms with Gasteiger partial charge in [0.25, 0.3) is 0 Å². The number of hydrogen-bond acceptors (Lipinski definition) is 0. The van der Waals surface area contributed by atoms with E-state index in [1.165, 1.54) is 25.3 Å². The molecule has 0 amide bonds. The van der Waals surface area contributed by atoms with Gasteiger partial charge in [-0.1, -0.05) is 18.2 Å². The van der Waals surface area contributed by atoms with Gasteiger partial charge in [0.2, 0.25) is 0 Å². The highest BCUT2D eigenvalue weighted by atomic mass is 15.3. The fourth-order valence-electron chi connectivity index (χ4n) is 1.96. The van der Waals surface area contributed by atoms with Crippen molar-refractivity contribution in [1.82, 2.24) is 4.48 Å². The molecule has 1 nitrogen and oxygen atoms in total. The first-order valence-electron chi connectivity index (χ1n) is 5.20. The van der Waals surface area contributed by atoms with E-state index in [1.807, 2.05) is 0 Å². The predicted molar refractivity (Wildman–Crippen MR) is 61.0 cm³/mol. The summed E-state index contributed by atoms with van der Waals surface area (Å²) in [6.45, 7) is 10.3. The zero-order chi connectivity index (χ0) is 9.73. The minimum atomic E-state index is 0. The Kier molecular flexibility index (Phi) is 3.49. The average molecular weight is 179 g/mol. The Bertz CT molecular complexity index is 233. The quantitative estimate of drug-likeness (QED) is 0.623. The topological polar surface area (TPSA) is 0 Å². The highest BCUT2D eigenvalue weighted by Gasteiger charge is 2.23. The summed E-state index contributed by atoms with van der Waals surface area (Å²) in [7, 11) is 0. The van der Waals surface area contributed by atoms with Crippen LogP contribution in [0.4, 0.5) is 5.69 Å². The first-order chi connectivity index (χ1) is 6.29. The lowest BCUT2D eigenvalue weighted by Gasteiger charge is -2.35. The molecule has 0 saturated heterocycles. The van der Waals surface area contributed by atoms with E-state index in [4.69, 9.17) is 0 Å². The van der Waals surface area contributed by atoms with Crippen molar-refractivity contribution >= 4 is 5.69 Å². The van der Waals surface area contributed by atoms with Gasteiger partial charge in [-0.05, 0) is 32.9 Å². The maximum absolute atomic E-state index is 2.26. The van der Waals surface area contributed by atoms with Crippen LogP contribution in [0.3, 0.4) is 0 Å². The van der Waals surface area contributed by atoms with E-state index in [1.54, 1.807) is 0 Å². The van der Waals surface area contributed by atoms with E-state index in [0.29, 0.717) is 0 Å². The van der Waals surface area contributed by atoms with Crippen molar-refractivity contribution in [2.45, 2.75) is 20.8 Å².